The van der Waals surface area contributed by atoms with Crippen molar-refractivity contribution in [3.05, 3.63) is 94.5 Å². The van der Waals surface area contributed by atoms with Crippen LogP contribution in [0.2, 0.25) is 5.02 Å². The summed E-state index contributed by atoms with van der Waals surface area (Å²) in [5.74, 6) is 1.29. The molecule has 0 aliphatic rings. The average Bonchev–Trinajstić information content (AvgIpc) is 2.73. The third-order valence-electron chi connectivity index (χ3n) is 4.74. The Morgan fingerprint density at radius 3 is 2.18 bits per heavy atom. The fraction of sp³-hybridized carbons (Fsp3) is 0.208. The molecule has 0 saturated carbocycles. The third-order valence-corrected chi connectivity index (χ3v) is 4.98. The van der Waals surface area contributed by atoms with Gasteiger partial charge in [-0.1, -0.05) is 67.9 Å². The van der Waals surface area contributed by atoms with E-state index >= 15 is 0 Å². The first-order valence-corrected chi connectivity index (χ1v) is 9.50. The van der Waals surface area contributed by atoms with E-state index in [0.717, 1.165) is 5.75 Å². The molecule has 0 heterocycles. The Bertz CT molecular complexity index is 960. The van der Waals surface area contributed by atoms with E-state index in [4.69, 9.17) is 26.3 Å². The van der Waals surface area contributed by atoms with Crippen LogP contribution in [0.5, 0.6) is 11.5 Å². The van der Waals surface area contributed by atoms with Gasteiger partial charge in [-0.15, -0.1) is 0 Å². The molecule has 0 radical (unpaired) electrons. The van der Waals surface area contributed by atoms with Crippen molar-refractivity contribution in [2.75, 3.05) is 13.2 Å². The second kappa shape index (κ2) is 8.82. The Kier molecular flexibility index (Phi) is 6.23. The molecule has 0 saturated heterocycles. The summed E-state index contributed by atoms with van der Waals surface area (Å²) in [5.41, 5.74) is 2.83. The molecule has 0 unspecified atom stereocenters. The Hall–Kier alpha value is -2.96. The van der Waals surface area contributed by atoms with Crippen LogP contribution in [0, 0.1) is 11.3 Å². The number of halogens is 1. The predicted octanol–water partition coefficient (Wildman–Crippen LogP) is 6.00. The summed E-state index contributed by atoms with van der Waals surface area (Å²) in [6, 6.07) is 25.6. The quantitative estimate of drug-likeness (QED) is 0.464. The van der Waals surface area contributed by atoms with E-state index in [0.29, 0.717) is 29.5 Å². The fourth-order valence-electron chi connectivity index (χ4n) is 3.02. The van der Waals surface area contributed by atoms with E-state index in [1.54, 1.807) is 18.2 Å². The summed E-state index contributed by atoms with van der Waals surface area (Å²) in [7, 11) is 0. The maximum absolute atomic E-state index is 9.13. The van der Waals surface area contributed by atoms with Crippen molar-refractivity contribution < 1.29 is 9.47 Å². The smallest absolute Gasteiger partial charge is 0.137 e. The van der Waals surface area contributed by atoms with Crippen LogP contribution in [0.25, 0.3) is 0 Å². The van der Waals surface area contributed by atoms with Crippen LogP contribution in [-0.4, -0.2) is 13.2 Å². The highest BCUT2D eigenvalue weighted by molar-refractivity contribution is 6.30. The van der Waals surface area contributed by atoms with Crippen molar-refractivity contribution in [1.29, 1.82) is 5.26 Å². The molecule has 3 nitrogen and oxygen atoms in total. The van der Waals surface area contributed by atoms with Crippen LogP contribution >= 0.6 is 11.6 Å². The monoisotopic (exact) mass is 391 g/mol. The average molecular weight is 392 g/mol. The standard InChI is InChI=1S/C24H22ClNO2/c1-24(2,19-6-4-3-5-7-19)20-8-11-22(12-9-20)27-14-15-28-23-13-10-21(25)16-18(23)17-26/h3-13,16H,14-15H2,1-2H3. The van der Waals surface area contributed by atoms with Crippen LogP contribution in [0.4, 0.5) is 0 Å². The first-order chi connectivity index (χ1) is 13.5. The van der Waals surface area contributed by atoms with Gasteiger partial charge in [0.2, 0.25) is 0 Å². The fourth-order valence-corrected chi connectivity index (χ4v) is 3.19. The van der Waals surface area contributed by atoms with Gasteiger partial charge < -0.3 is 9.47 Å². The molecule has 142 valence electrons. The Morgan fingerprint density at radius 2 is 1.50 bits per heavy atom. The zero-order valence-corrected chi connectivity index (χ0v) is 16.7. The molecule has 28 heavy (non-hydrogen) atoms. The predicted molar refractivity (Wildman–Crippen MR) is 112 cm³/mol. The summed E-state index contributed by atoms with van der Waals surface area (Å²) in [5, 5.41) is 9.64. The topological polar surface area (TPSA) is 42.2 Å². The van der Waals surface area contributed by atoms with E-state index in [-0.39, 0.29) is 5.41 Å². The molecule has 0 spiro atoms. The second-order valence-corrected chi connectivity index (χ2v) is 7.40. The van der Waals surface area contributed by atoms with Gasteiger partial charge in [-0.25, -0.2) is 0 Å². The van der Waals surface area contributed by atoms with E-state index in [1.165, 1.54) is 11.1 Å². The van der Waals surface area contributed by atoms with Gasteiger partial charge in [0.05, 0.1) is 5.56 Å². The zero-order chi connectivity index (χ0) is 20.0. The summed E-state index contributed by atoms with van der Waals surface area (Å²) < 4.78 is 11.4. The summed E-state index contributed by atoms with van der Waals surface area (Å²) in [6.07, 6.45) is 0. The van der Waals surface area contributed by atoms with Crippen LogP contribution in [0.1, 0.15) is 30.5 Å². The van der Waals surface area contributed by atoms with Gasteiger partial charge in [0, 0.05) is 10.4 Å². The maximum Gasteiger partial charge on any atom is 0.137 e. The molecular weight excluding hydrogens is 370 g/mol. The summed E-state index contributed by atoms with van der Waals surface area (Å²) in [4.78, 5) is 0. The summed E-state index contributed by atoms with van der Waals surface area (Å²) in [6.45, 7) is 5.15. The van der Waals surface area contributed by atoms with Crippen molar-refractivity contribution >= 4 is 11.6 Å². The van der Waals surface area contributed by atoms with E-state index in [2.05, 4.69) is 56.3 Å². The number of benzene rings is 3. The molecule has 0 fully saturated rings. The molecule has 0 atom stereocenters. The van der Waals surface area contributed by atoms with Crippen molar-refractivity contribution in [2.24, 2.45) is 0 Å². The van der Waals surface area contributed by atoms with E-state index < -0.39 is 0 Å². The molecule has 3 aromatic carbocycles. The van der Waals surface area contributed by atoms with Crippen molar-refractivity contribution in [1.82, 2.24) is 0 Å². The lowest BCUT2D eigenvalue weighted by Gasteiger charge is -2.26. The molecular formula is C24H22ClNO2. The van der Waals surface area contributed by atoms with Crippen LogP contribution in [0.3, 0.4) is 0 Å². The maximum atomic E-state index is 9.13. The van der Waals surface area contributed by atoms with Gasteiger partial charge in [-0.3, -0.25) is 0 Å². The van der Waals surface area contributed by atoms with Crippen molar-refractivity contribution in [2.45, 2.75) is 19.3 Å². The SMILES string of the molecule is CC(C)(c1ccccc1)c1ccc(OCCOc2ccc(Cl)cc2C#N)cc1. The molecule has 3 rings (SSSR count). The van der Waals surface area contributed by atoms with Gasteiger partial charge >= 0.3 is 0 Å². The first kappa shape index (κ1) is 19.8. The number of nitrogens with zero attached hydrogens (tertiary/aromatic N) is 1. The zero-order valence-electron chi connectivity index (χ0n) is 16.0. The van der Waals surface area contributed by atoms with Gasteiger partial charge in [0.1, 0.15) is 30.8 Å². The minimum absolute atomic E-state index is 0.0782. The molecule has 0 aliphatic carbocycles. The van der Waals surface area contributed by atoms with Gasteiger partial charge in [0.15, 0.2) is 0 Å². The highest BCUT2D eigenvalue weighted by Crippen LogP contribution is 2.32. The number of hydrogen-bond acceptors (Lipinski definition) is 3. The minimum atomic E-state index is -0.0782. The molecule has 4 heteroatoms. The normalized spacial score (nSPS) is 10.9. The van der Waals surface area contributed by atoms with Crippen LogP contribution in [-0.2, 0) is 5.41 Å². The number of rotatable bonds is 7. The largest absolute Gasteiger partial charge is 0.490 e. The number of nitriles is 1. The highest BCUT2D eigenvalue weighted by Gasteiger charge is 2.22. The van der Waals surface area contributed by atoms with Gasteiger partial charge in [-0.05, 0) is 41.5 Å². The first-order valence-electron chi connectivity index (χ1n) is 9.12. The number of hydrogen-bond donors (Lipinski definition) is 0. The lowest BCUT2D eigenvalue weighted by atomic mass is 9.78. The Balaban J connectivity index is 1.56. The van der Waals surface area contributed by atoms with Crippen LogP contribution in [0.15, 0.2) is 72.8 Å². The van der Waals surface area contributed by atoms with E-state index in [1.807, 2.05) is 18.2 Å². The molecule has 0 aromatic heterocycles. The highest BCUT2D eigenvalue weighted by atomic mass is 35.5. The molecule has 0 aliphatic heterocycles. The van der Waals surface area contributed by atoms with Gasteiger partial charge in [0.25, 0.3) is 0 Å². The minimum Gasteiger partial charge on any atom is -0.490 e. The molecule has 0 N–H and O–H groups in total. The van der Waals surface area contributed by atoms with Crippen LogP contribution < -0.4 is 9.47 Å². The summed E-state index contributed by atoms with van der Waals surface area (Å²) >= 11 is 5.89. The Morgan fingerprint density at radius 1 is 0.857 bits per heavy atom. The lowest BCUT2D eigenvalue weighted by molar-refractivity contribution is 0.216. The Labute approximate surface area is 171 Å². The molecule has 3 aromatic rings. The van der Waals surface area contributed by atoms with Gasteiger partial charge in [-0.2, -0.15) is 5.26 Å². The van der Waals surface area contributed by atoms with Crippen molar-refractivity contribution in [3.8, 4) is 17.6 Å². The third kappa shape index (κ3) is 4.65. The van der Waals surface area contributed by atoms with Crippen molar-refractivity contribution in [3.63, 3.8) is 0 Å². The lowest BCUT2D eigenvalue weighted by Crippen LogP contribution is -2.18. The molecule has 0 amide bonds. The van der Waals surface area contributed by atoms with E-state index in [9.17, 15) is 0 Å². The second-order valence-electron chi connectivity index (χ2n) is 6.96. The molecule has 0 bridgehead atoms. The number of ether oxygens (including phenoxy) is 2.